The predicted molar refractivity (Wildman–Crippen MR) is 93.7 cm³/mol. The summed E-state index contributed by atoms with van der Waals surface area (Å²) in [5.41, 5.74) is 8.84. The van der Waals surface area contributed by atoms with Crippen molar-refractivity contribution in [2.45, 2.75) is 6.92 Å². The Bertz CT molecular complexity index is 840. The highest BCUT2D eigenvalue weighted by Gasteiger charge is 2.08. The van der Waals surface area contributed by atoms with Crippen molar-refractivity contribution in [3.63, 3.8) is 0 Å². The number of nitrogens with two attached hydrogens (primary N) is 1. The van der Waals surface area contributed by atoms with Gasteiger partial charge >= 0.3 is 0 Å². The number of hydrogen-bond acceptors (Lipinski definition) is 5. The molecule has 0 spiro atoms. The molecular formula is C18H19N3O2. The van der Waals surface area contributed by atoms with E-state index in [1.807, 2.05) is 43.3 Å². The first kappa shape index (κ1) is 15.0. The Hall–Kier alpha value is -2.95. The van der Waals surface area contributed by atoms with Crippen molar-refractivity contribution in [1.29, 1.82) is 0 Å². The number of aromatic nitrogens is 1. The zero-order valence-electron chi connectivity index (χ0n) is 13.4. The van der Waals surface area contributed by atoms with Crippen LogP contribution in [-0.2, 0) is 0 Å². The maximum atomic E-state index is 6.18. The van der Waals surface area contributed by atoms with Crippen LogP contribution in [0.25, 0.3) is 10.8 Å². The molecule has 0 saturated heterocycles. The summed E-state index contributed by atoms with van der Waals surface area (Å²) in [4.78, 5) is 4.44. The second-order valence-electron chi connectivity index (χ2n) is 5.28. The average molecular weight is 309 g/mol. The summed E-state index contributed by atoms with van der Waals surface area (Å²) in [7, 11) is 3.25. The van der Waals surface area contributed by atoms with Gasteiger partial charge in [0.15, 0.2) is 0 Å². The largest absolute Gasteiger partial charge is 0.497 e. The number of benzene rings is 2. The van der Waals surface area contributed by atoms with Crippen LogP contribution in [0.1, 0.15) is 5.56 Å². The van der Waals surface area contributed by atoms with E-state index >= 15 is 0 Å². The molecule has 3 N–H and O–H groups in total. The Morgan fingerprint density at radius 1 is 0.957 bits per heavy atom. The number of nitrogens with zero attached hydrogens (tertiary/aromatic N) is 1. The van der Waals surface area contributed by atoms with Crippen LogP contribution in [0.5, 0.6) is 11.5 Å². The molecule has 0 aliphatic heterocycles. The highest BCUT2D eigenvalue weighted by molar-refractivity contribution is 6.01. The second kappa shape index (κ2) is 6.04. The van der Waals surface area contributed by atoms with Gasteiger partial charge in [-0.2, -0.15) is 0 Å². The van der Waals surface area contributed by atoms with Gasteiger partial charge in [0, 0.05) is 46.5 Å². The lowest BCUT2D eigenvalue weighted by molar-refractivity contribution is 0.395. The zero-order valence-corrected chi connectivity index (χ0v) is 13.4. The molecule has 118 valence electrons. The molecule has 5 nitrogen and oxygen atoms in total. The maximum Gasteiger partial charge on any atom is 0.138 e. The van der Waals surface area contributed by atoms with E-state index in [0.29, 0.717) is 11.5 Å². The number of hydrogen-bond donors (Lipinski definition) is 2. The summed E-state index contributed by atoms with van der Waals surface area (Å²) >= 11 is 0. The van der Waals surface area contributed by atoms with Crippen LogP contribution in [-0.4, -0.2) is 19.2 Å². The first-order valence-electron chi connectivity index (χ1n) is 7.26. The molecule has 1 aromatic heterocycles. The van der Waals surface area contributed by atoms with E-state index in [-0.39, 0.29) is 0 Å². The second-order valence-corrected chi connectivity index (χ2v) is 5.28. The smallest absolute Gasteiger partial charge is 0.138 e. The third kappa shape index (κ3) is 2.85. The Kier molecular flexibility index (Phi) is 3.93. The first-order chi connectivity index (χ1) is 11.1. The first-order valence-corrected chi connectivity index (χ1v) is 7.26. The van der Waals surface area contributed by atoms with Crippen molar-refractivity contribution < 1.29 is 9.47 Å². The van der Waals surface area contributed by atoms with Crippen molar-refractivity contribution in [3.8, 4) is 11.5 Å². The topological polar surface area (TPSA) is 69.4 Å². The quantitative estimate of drug-likeness (QED) is 0.716. The fourth-order valence-electron chi connectivity index (χ4n) is 2.50. The number of aryl methyl sites for hydroxylation is 1. The van der Waals surface area contributed by atoms with Gasteiger partial charge in [-0.05, 0) is 18.6 Å². The predicted octanol–water partition coefficient (Wildman–Crippen LogP) is 3.89. The molecule has 23 heavy (non-hydrogen) atoms. The molecule has 0 atom stereocenters. The van der Waals surface area contributed by atoms with E-state index in [1.54, 1.807) is 20.4 Å². The van der Waals surface area contributed by atoms with E-state index in [0.717, 1.165) is 33.5 Å². The molecule has 0 bridgehead atoms. The van der Waals surface area contributed by atoms with Gasteiger partial charge in [-0.15, -0.1) is 0 Å². The third-order valence-corrected chi connectivity index (χ3v) is 3.82. The minimum absolute atomic E-state index is 0.711. The normalized spacial score (nSPS) is 10.6. The van der Waals surface area contributed by atoms with Crippen LogP contribution < -0.4 is 20.5 Å². The molecular weight excluding hydrogens is 290 g/mol. The number of nitrogen functional groups attached to an aromatic ring is 1. The summed E-state index contributed by atoms with van der Waals surface area (Å²) < 4.78 is 10.6. The Balaban J connectivity index is 2.07. The number of ether oxygens (including phenoxy) is 2. The Labute approximate surface area is 135 Å². The lowest BCUT2D eigenvalue weighted by atomic mass is 10.1. The summed E-state index contributed by atoms with van der Waals surface area (Å²) in [6, 6.07) is 11.5. The summed E-state index contributed by atoms with van der Waals surface area (Å²) in [5, 5.41) is 5.27. The fourth-order valence-corrected chi connectivity index (χ4v) is 2.50. The third-order valence-electron chi connectivity index (χ3n) is 3.82. The van der Waals surface area contributed by atoms with Gasteiger partial charge in [0.25, 0.3) is 0 Å². The molecule has 1 heterocycles. The van der Waals surface area contributed by atoms with Gasteiger partial charge in [0.1, 0.15) is 17.3 Å². The van der Waals surface area contributed by atoms with Crippen molar-refractivity contribution in [2.24, 2.45) is 0 Å². The van der Waals surface area contributed by atoms with E-state index in [9.17, 15) is 0 Å². The molecule has 0 saturated carbocycles. The lowest BCUT2D eigenvalue weighted by Crippen LogP contribution is -1.98. The molecule has 3 aromatic rings. The highest BCUT2D eigenvalue weighted by atomic mass is 16.5. The minimum Gasteiger partial charge on any atom is -0.497 e. The molecule has 0 amide bonds. The van der Waals surface area contributed by atoms with Crippen LogP contribution in [0.3, 0.4) is 0 Å². The fraction of sp³-hybridized carbons (Fsp3) is 0.167. The standard InChI is InChI=1S/C18H19N3O2/c1-11-4-5-16-15(17(11)19)6-7-20-18(16)21-12-8-13(22-2)10-14(9-12)23-3/h4-10H,19H2,1-3H3,(H,20,21). The van der Waals surface area contributed by atoms with Gasteiger partial charge in [0.05, 0.1) is 14.2 Å². The van der Waals surface area contributed by atoms with Crippen LogP contribution in [0.4, 0.5) is 17.2 Å². The zero-order chi connectivity index (χ0) is 16.4. The monoisotopic (exact) mass is 309 g/mol. The SMILES string of the molecule is COc1cc(Nc2nccc3c(N)c(C)ccc23)cc(OC)c1. The number of anilines is 3. The van der Waals surface area contributed by atoms with E-state index in [2.05, 4.69) is 10.3 Å². The van der Waals surface area contributed by atoms with Crippen molar-refractivity contribution in [3.05, 3.63) is 48.2 Å². The molecule has 0 aliphatic carbocycles. The molecule has 2 aromatic carbocycles. The number of pyridine rings is 1. The van der Waals surface area contributed by atoms with Crippen molar-refractivity contribution in [1.82, 2.24) is 4.98 Å². The van der Waals surface area contributed by atoms with E-state index < -0.39 is 0 Å². The molecule has 0 unspecified atom stereocenters. The molecule has 3 rings (SSSR count). The average Bonchev–Trinajstić information content (AvgIpc) is 2.58. The number of rotatable bonds is 4. The Morgan fingerprint density at radius 2 is 1.65 bits per heavy atom. The van der Waals surface area contributed by atoms with Gasteiger partial charge in [-0.25, -0.2) is 4.98 Å². The Morgan fingerprint density at radius 3 is 2.30 bits per heavy atom. The van der Waals surface area contributed by atoms with Crippen LogP contribution in [0, 0.1) is 6.92 Å². The molecule has 0 radical (unpaired) electrons. The lowest BCUT2D eigenvalue weighted by Gasteiger charge is -2.13. The number of fused-ring (bicyclic) bond motifs is 1. The van der Waals surface area contributed by atoms with Crippen LogP contribution in [0.15, 0.2) is 42.6 Å². The maximum absolute atomic E-state index is 6.18. The van der Waals surface area contributed by atoms with Crippen molar-refractivity contribution >= 4 is 28.0 Å². The van der Waals surface area contributed by atoms with E-state index in [4.69, 9.17) is 15.2 Å². The molecule has 0 aliphatic rings. The van der Waals surface area contributed by atoms with E-state index in [1.165, 1.54) is 0 Å². The van der Waals surface area contributed by atoms with Crippen LogP contribution in [0.2, 0.25) is 0 Å². The minimum atomic E-state index is 0.711. The molecule has 5 heteroatoms. The highest BCUT2D eigenvalue weighted by Crippen LogP contribution is 2.32. The van der Waals surface area contributed by atoms with Gasteiger partial charge in [-0.1, -0.05) is 12.1 Å². The molecule has 0 fully saturated rings. The summed E-state index contributed by atoms with van der Waals surface area (Å²) in [6.07, 6.45) is 1.75. The van der Waals surface area contributed by atoms with Gasteiger partial charge in [-0.3, -0.25) is 0 Å². The van der Waals surface area contributed by atoms with Gasteiger partial charge in [0.2, 0.25) is 0 Å². The van der Waals surface area contributed by atoms with Crippen LogP contribution >= 0.6 is 0 Å². The summed E-state index contributed by atoms with van der Waals surface area (Å²) in [5.74, 6) is 2.16. The summed E-state index contributed by atoms with van der Waals surface area (Å²) in [6.45, 7) is 2.00. The van der Waals surface area contributed by atoms with Crippen molar-refractivity contribution in [2.75, 3.05) is 25.3 Å². The number of methoxy groups -OCH3 is 2. The van der Waals surface area contributed by atoms with Gasteiger partial charge < -0.3 is 20.5 Å². The number of nitrogens with one attached hydrogen (secondary N) is 1.